The second-order valence-electron chi connectivity index (χ2n) is 18.6. The molecule has 13 rings (SSSR count). The molecule has 0 aliphatic heterocycles. The number of rotatable bonds is 5. The first-order valence-electron chi connectivity index (χ1n) is 22.2. The summed E-state index contributed by atoms with van der Waals surface area (Å²) >= 11 is 0. The molecule has 300 valence electrons. The van der Waals surface area contributed by atoms with Gasteiger partial charge >= 0.3 is 0 Å². The molecule has 0 fully saturated rings. The van der Waals surface area contributed by atoms with E-state index in [-0.39, 0.29) is 10.8 Å². The zero-order chi connectivity index (χ0) is 42.2. The van der Waals surface area contributed by atoms with Crippen molar-refractivity contribution in [2.45, 2.75) is 38.5 Å². The van der Waals surface area contributed by atoms with Gasteiger partial charge in [0.2, 0.25) is 0 Å². The van der Waals surface area contributed by atoms with Gasteiger partial charge in [0.1, 0.15) is 0 Å². The number of aromatic nitrogens is 2. The van der Waals surface area contributed by atoms with Crippen LogP contribution in [0.3, 0.4) is 0 Å². The molecule has 2 aliphatic rings. The molecule has 9 aromatic carbocycles. The first-order chi connectivity index (χ1) is 30.8. The molecular formula is C60H45N3. The third kappa shape index (κ3) is 5.02. The molecule has 3 heteroatoms. The van der Waals surface area contributed by atoms with Gasteiger partial charge in [-0.05, 0) is 129 Å². The zero-order valence-corrected chi connectivity index (χ0v) is 35.9. The van der Waals surface area contributed by atoms with E-state index in [1.54, 1.807) is 0 Å². The fraction of sp³-hybridized carbons (Fsp3) is 0.100. The first kappa shape index (κ1) is 36.1. The molecule has 2 heterocycles. The second kappa shape index (κ2) is 13.0. The van der Waals surface area contributed by atoms with Crippen molar-refractivity contribution in [3.05, 3.63) is 222 Å². The van der Waals surface area contributed by atoms with Crippen molar-refractivity contribution >= 4 is 60.7 Å². The minimum Gasteiger partial charge on any atom is -0.310 e. The van der Waals surface area contributed by atoms with Crippen LogP contribution in [0.25, 0.3) is 77.2 Å². The summed E-state index contributed by atoms with van der Waals surface area (Å²) in [6.07, 6.45) is 0. The lowest BCUT2D eigenvalue weighted by molar-refractivity contribution is 0.660. The highest BCUT2D eigenvalue weighted by Gasteiger charge is 2.37. The van der Waals surface area contributed by atoms with Crippen molar-refractivity contribution in [3.8, 4) is 33.6 Å². The van der Waals surface area contributed by atoms with E-state index < -0.39 is 0 Å². The van der Waals surface area contributed by atoms with Crippen molar-refractivity contribution < 1.29 is 0 Å². The van der Waals surface area contributed by atoms with E-state index in [1.807, 2.05) is 0 Å². The molecule has 0 radical (unpaired) electrons. The average molecular weight is 808 g/mol. The van der Waals surface area contributed by atoms with Crippen LogP contribution in [-0.2, 0) is 10.8 Å². The maximum atomic E-state index is 2.47. The quantitative estimate of drug-likeness (QED) is 0.169. The summed E-state index contributed by atoms with van der Waals surface area (Å²) < 4.78 is 4.87. The smallest absolute Gasteiger partial charge is 0.0548 e. The monoisotopic (exact) mass is 807 g/mol. The van der Waals surface area contributed by atoms with Crippen LogP contribution in [-0.4, -0.2) is 9.13 Å². The van der Waals surface area contributed by atoms with E-state index in [0.29, 0.717) is 0 Å². The van der Waals surface area contributed by atoms with Crippen molar-refractivity contribution in [2.75, 3.05) is 4.90 Å². The minimum absolute atomic E-state index is 0.117. The Balaban J connectivity index is 0.996. The number of benzene rings is 9. The highest BCUT2D eigenvalue weighted by Crippen LogP contribution is 2.53. The summed E-state index contributed by atoms with van der Waals surface area (Å²) in [6.45, 7) is 9.48. The molecule has 3 nitrogen and oxygen atoms in total. The Kier molecular flexibility index (Phi) is 7.42. The summed E-state index contributed by atoms with van der Waals surface area (Å²) in [7, 11) is 0. The number of para-hydroxylation sites is 3. The Labute approximate surface area is 367 Å². The van der Waals surface area contributed by atoms with E-state index in [9.17, 15) is 0 Å². The molecule has 2 aliphatic carbocycles. The van der Waals surface area contributed by atoms with E-state index >= 15 is 0 Å². The summed E-state index contributed by atoms with van der Waals surface area (Å²) in [5.41, 5.74) is 21.1. The van der Waals surface area contributed by atoms with E-state index in [2.05, 4.69) is 242 Å². The summed E-state index contributed by atoms with van der Waals surface area (Å²) in [4.78, 5) is 2.47. The molecule has 0 saturated carbocycles. The Morgan fingerprint density at radius 2 is 0.698 bits per heavy atom. The van der Waals surface area contributed by atoms with Gasteiger partial charge in [-0.25, -0.2) is 0 Å². The molecule has 0 saturated heterocycles. The molecule has 11 aromatic rings. The number of nitrogens with zero attached hydrogens (tertiary/aromatic N) is 3. The predicted molar refractivity (Wildman–Crippen MR) is 265 cm³/mol. The predicted octanol–water partition coefficient (Wildman–Crippen LogP) is 16.0. The van der Waals surface area contributed by atoms with Crippen LogP contribution in [0.5, 0.6) is 0 Å². The summed E-state index contributed by atoms with van der Waals surface area (Å²) in [5.74, 6) is 0. The van der Waals surface area contributed by atoms with Gasteiger partial charge in [-0.2, -0.15) is 0 Å². The van der Waals surface area contributed by atoms with Crippen molar-refractivity contribution in [2.24, 2.45) is 0 Å². The molecule has 0 N–H and O–H groups in total. The van der Waals surface area contributed by atoms with Crippen LogP contribution >= 0.6 is 0 Å². The van der Waals surface area contributed by atoms with Gasteiger partial charge in [-0.15, -0.1) is 0 Å². The zero-order valence-electron chi connectivity index (χ0n) is 35.9. The Bertz CT molecular complexity index is 3570. The molecule has 0 bridgehead atoms. The number of anilines is 3. The van der Waals surface area contributed by atoms with Gasteiger partial charge in [0.05, 0.1) is 22.1 Å². The minimum atomic E-state index is -0.117. The van der Waals surface area contributed by atoms with Gasteiger partial charge < -0.3 is 14.0 Å². The fourth-order valence-electron chi connectivity index (χ4n) is 11.4. The highest BCUT2D eigenvalue weighted by molar-refractivity contribution is 6.19. The molecular weight excluding hydrogens is 763 g/mol. The lowest BCUT2D eigenvalue weighted by Crippen LogP contribution is -2.18. The lowest BCUT2D eigenvalue weighted by atomic mass is 9.82. The van der Waals surface area contributed by atoms with Crippen LogP contribution < -0.4 is 4.90 Å². The third-order valence-corrected chi connectivity index (χ3v) is 14.5. The highest BCUT2D eigenvalue weighted by atomic mass is 15.1. The largest absolute Gasteiger partial charge is 0.310 e. The second-order valence-corrected chi connectivity index (χ2v) is 18.6. The lowest BCUT2D eigenvalue weighted by Gasteiger charge is -2.30. The number of fused-ring (bicyclic) bond motifs is 12. The fourth-order valence-corrected chi connectivity index (χ4v) is 11.4. The molecule has 63 heavy (non-hydrogen) atoms. The van der Waals surface area contributed by atoms with Gasteiger partial charge in [-0.3, -0.25) is 0 Å². The molecule has 0 amide bonds. The van der Waals surface area contributed by atoms with E-state index in [0.717, 1.165) is 22.7 Å². The normalized spacial score (nSPS) is 14.3. The SMILES string of the molecule is CC1(C)c2ccccc2-c2ccc(N(c3ccc(-n4c5ccccc5c5cc6c(cc54)c4ccccc4n6-c4ccccc4)cc3)c3ccc4c(c3)C(C)(C)c3ccccc3-4)cc21. The molecule has 2 aromatic heterocycles. The van der Waals surface area contributed by atoms with Crippen LogP contribution in [0, 0.1) is 0 Å². The van der Waals surface area contributed by atoms with Crippen molar-refractivity contribution in [1.82, 2.24) is 9.13 Å². The topological polar surface area (TPSA) is 13.1 Å². The summed E-state index contributed by atoms with van der Waals surface area (Å²) in [6, 6.07) is 74.5. The van der Waals surface area contributed by atoms with Crippen LogP contribution in [0.2, 0.25) is 0 Å². The van der Waals surface area contributed by atoms with Crippen LogP contribution in [0.4, 0.5) is 17.1 Å². The number of hydrogen-bond acceptors (Lipinski definition) is 1. The van der Waals surface area contributed by atoms with E-state index in [1.165, 1.54) is 93.8 Å². The van der Waals surface area contributed by atoms with Crippen molar-refractivity contribution in [3.63, 3.8) is 0 Å². The Morgan fingerprint density at radius 1 is 0.302 bits per heavy atom. The van der Waals surface area contributed by atoms with Crippen molar-refractivity contribution in [1.29, 1.82) is 0 Å². The average Bonchev–Trinajstić information content (AvgIpc) is 3.97. The third-order valence-electron chi connectivity index (χ3n) is 14.5. The van der Waals surface area contributed by atoms with Crippen LogP contribution in [0.15, 0.2) is 200 Å². The Hall–Kier alpha value is -7.62. The summed E-state index contributed by atoms with van der Waals surface area (Å²) in [5, 5.41) is 4.99. The molecule has 0 unspecified atom stereocenters. The number of hydrogen-bond donors (Lipinski definition) is 0. The Morgan fingerprint density at radius 3 is 1.21 bits per heavy atom. The van der Waals surface area contributed by atoms with Crippen LogP contribution in [0.1, 0.15) is 49.9 Å². The maximum Gasteiger partial charge on any atom is 0.0548 e. The van der Waals surface area contributed by atoms with Gasteiger partial charge in [0.15, 0.2) is 0 Å². The van der Waals surface area contributed by atoms with Gasteiger partial charge in [0, 0.05) is 60.8 Å². The van der Waals surface area contributed by atoms with Gasteiger partial charge in [0.25, 0.3) is 0 Å². The molecule has 0 spiro atoms. The first-order valence-corrected chi connectivity index (χ1v) is 22.2. The maximum absolute atomic E-state index is 2.47. The molecule has 0 atom stereocenters. The standard InChI is InChI=1S/C60H45N3/c1-59(2)51-22-12-8-18-43(51)45-32-30-41(34-53(45)59)61(42-31-33-46-44-19-9-13-23-52(44)60(3,4)54(46)35-42)39-26-28-40(29-27-39)63-56-25-15-11-21-48(56)50-36-57-49(37-58(50)63)47-20-10-14-24-55(47)62(57)38-16-6-5-7-17-38/h5-37H,1-4H3. The van der Waals surface area contributed by atoms with E-state index in [4.69, 9.17) is 0 Å². The van der Waals surface area contributed by atoms with Gasteiger partial charge in [-0.1, -0.05) is 143 Å².